The fraction of sp³-hybridized carbons (Fsp3) is 0.611. The quantitative estimate of drug-likeness (QED) is 0.877. The van der Waals surface area contributed by atoms with E-state index in [0.29, 0.717) is 6.04 Å². The molecule has 5 nitrogen and oxygen atoms in total. The monoisotopic (exact) mass is 319 g/mol. The number of aliphatic hydroxyl groups excluding tert-OH is 1. The zero-order valence-electron chi connectivity index (χ0n) is 14.5. The lowest BCUT2D eigenvalue weighted by Crippen LogP contribution is -2.47. The maximum Gasteiger partial charge on any atom is 0.321 e. The lowest BCUT2D eigenvalue weighted by Gasteiger charge is -2.36. The van der Waals surface area contributed by atoms with E-state index in [1.54, 1.807) is 0 Å². The number of piperidine rings is 1. The summed E-state index contributed by atoms with van der Waals surface area (Å²) < 4.78 is 0. The molecule has 0 saturated carbocycles. The van der Waals surface area contributed by atoms with Crippen LogP contribution in [0.3, 0.4) is 0 Å². The van der Waals surface area contributed by atoms with Crippen molar-refractivity contribution in [3.63, 3.8) is 0 Å². The predicted octanol–water partition coefficient (Wildman–Crippen LogP) is 2.61. The SMILES string of the molecule is Cc1ccc(C)c(NC(=O)N2CCC(N(C)CCCO)CC2)c1. The van der Waals surface area contributed by atoms with Gasteiger partial charge in [-0.25, -0.2) is 4.79 Å². The van der Waals surface area contributed by atoms with Crippen molar-refractivity contribution in [3.05, 3.63) is 29.3 Å². The van der Waals surface area contributed by atoms with Gasteiger partial charge < -0.3 is 20.2 Å². The van der Waals surface area contributed by atoms with Gasteiger partial charge in [0.25, 0.3) is 0 Å². The Morgan fingerprint density at radius 1 is 1.35 bits per heavy atom. The normalized spacial score (nSPS) is 16.0. The maximum atomic E-state index is 12.4. The molecule has 0 spiro atoms. The molecule has 2 amide bonds. The molecule has 0 radical (unpaired) electrons. The molecular formula is C18H29N3O2. The van der Waals surface area contributed by atoms with E-state index in [0.717, 1.165) is 55.7 Å². The van der Waals surface area contributed by atoms with Crippen LogP contribution in [0.2, 0.25) is 0 Å². The van der Waals surface area contributed by atoms with E-state index < -0.39 is 0 Å². The van der Waals surface area contributed by atoms with Crippen LogP contribution in [0.15, 0.2) is 18.2 Å². The number of benzene rings is 1. The number of hydrogen-bond donors (Lipinski definition) is 2. The van der Waals surface area contributed by atoms with Crippen molar-refractivity contribution in [2.75, 3.05) is 38.6 Å². The number of carbonyl (C=O) groups excluding carboxylic acids is 1. The Morgan fingerprint density at radius 3 is 2.70 bits per heavy atom. The minimum atomic E-state index is -0.00448. The van der Waals surface area contributed by atoms with Crippen molar-refractivity contribution in [2.45, 2.75) is 39.2 Å². The zero-order chi connectivity index (χ0) is 16.8. The lowest BCUT2D eigenvalue weighted by atomic mass is 10.0. The molecule has 2 N–H and O–H groups in total. The van der Waals surface area contributed by atoms with Crippen molar-refractivity contribution < 1.29 is 9.90 Å². The third-order valence-corrected chi connectivity index (χ3v) is 4.68. The molecule has 1 saturated heterocycles. The molecule has 2 rings (SSSR count). The zero-order valence-corrected chi connectivity index (χ0v) is 14.5. The first-order chi connectivity index (χ1) is 11.0. The van der Waals surface area contributed by atoms with Crippen LogP contribution in [0.5, 0.6) is 0 Å². The molecular weight excluding hydrogens is 290 g/mol. The summed E-state index contributed by atoms with van der Waals surface area (Å²) in [4.78, 5) is 16.7. The number of anilines is 1. The van der Waals surface area contributed by atoms with Crippen LogP contribution in [0.25, 0.3) is 0 Å². The molecule has 0 aromatic heterocycles. The fourth-order valence-corrected chi connectivity index (χ4v) is 3.08. The highest BCUT2D eigenvalue weighted by Gasteiger charge is 2.25. The first kappa shape index (κ1) is 17.8. The highest BCUT2D eigenvalue weighted by molar-refractivity contribution is 5.90. The number of nitrogens with zero attached hydrogens (tertiary/aromatic N) is 2. The summed E-state index contributed by atoms with van der Waals surface area (Å²) in [5, 5.41) is 12.0. The predicted molar refractivity (Wildman–Crippen MR) is 93.9 cm³/mol. The Labute approximate surface area is 139 Å². The Balaban J connectivity index is 1.85. The number of aryl methyl sites for hydroxylation is 2. The molecule has 23 heavy (non-hydrogen) atoms. The second kappa shape index (κ2) is 8.31. The highest BCUT2D eigenvalue weighted by Crippen LogP contribution is 2.19. The van der Waals surface area contributed by atoms with Gasteiger partial charge in [-0.05, 0) is 57.4 Å². The van der Waals surface area contributed by atoms with Gasteiger partial charge in [-0.3, -0.25) is 0 Å². The molecule has 5 heteroatoms. The summed E-state index contributed by atoms with van der Waals surface area (Å²) in [5.74, 6) is 0. The van der Waals surface area contributed by atoms with Crippen LogP contribution in [0, 0.1) is 13.8 Å². The number of likely N-dealkylation sites (tertiary alicyclic amines) is 1. The molecule has 1 aliphatic rings. The number of rotatable bonds is 5. The molecule has 1 fully saturated rings. The van der Waals surface area contributed by atoms with Crippen LogP contribution in [-0.2, 0) is 0 Å². The second-order valence-electron chi connectivity index (χ2n) is 6.52. The van der Waals surface area contributed by atoms with Crippen molar-refractivity contribution >= 4 is 11.7 Å². The topological polar surface area (TPSA) is 55.8 Å². The number of urea groups is 1. The minimum Gasteiger partial charge on any atom is -0.396 e. The Morgan fingerprint density at radius 2 is 2.04 bits per heavy atom. The third-order valence-electron chi connectivity index (χ3n) is 4.68. The second-order valence-corrected chi connectivity index (χ2v) is 6.52. The van der Waals surface area contributed by atoms with Crippen LogP contribution in [0.4, 0.5) is 10.5 Å². The highest BCUT2D eigenvalue weighted by atomic mass is 16.3. The Bertz CT molecular complexity index is 525. The molecule has 1 aromatic rings. The molecule has 128 valence electrons. The maximum absolute atomic E-state index is 12.4. The molecule has 1 aromatic carbocycles. The van der Waals surface area contributed by atoms with Crippen LogP contribution in [-0.4, -0.2) is 60.3 Å². The Hall–Kier alpha value is -1.59. The summed E-state index contributed by atoms with van der Waals surface area (Å²) in [7, 11) is 2.10. The average Bonchev–Trinajstić information content (AvgIpc) is 2.56. The smallest absolute Gasteiger partial charge is 0.321 e. The van der Waals surface area contributed by atoms with E-state index in [9.17, 15) is 4.79 Å². The molecule has 0 aliphatic carbocycles. The average molecular weight is 319 g/mol. The molecule has 0 atom stereocenters. The van der Waals surface area contributed by atoms with Crippen molar-refractivity contribution in [1.29, 1.82) is 0 Å². The van der Waals surface area contributed by atoms with Gasteiger partial charge in [0.2, 0.25) is 0 Å². The molecule has 0 bridgehead atoms. The largest absolute Gasteiger partial charge is 0.396 e. The molecule has 1 aliphatic heterocycles. The van der Waals surface area contributed by atoms with Gasteiger partial charge in [-0.2, -0.15) is 0 Å². The first-order valence-electron chi connectivity index (χ1n) is 8.45. The lowest BCUT2D eigenvalue weighted by molar-refractivity contribution is 0.134. The van der Waals surface area contributed by atoms with Crippen LogP contribution < -0.4 is 5.32 Å². The molecule has 0 unspecified atom stereocenters. The fourth-order valence-electron chi connectivity index (χ4n) is 3.08. The van der Waals surface area contributed by atoms with Gasteiger partial charge in [0, 0.05) is 38.0 Å². The van der Waals surface area contributed by atoms with E-state index in [1.807, 2.05) is 30.9 Å². The summed E-state index contributed by atoms with van der Waals surface area (Å²) in [6, 6.07) is 6.61. The summed E-state index contributed by atoms with van der Waals surface area (Å²) in [5.41, 5.74) is 3.13. The van der Waals surface area contributed by atoms with Crippen molar-refractivity contribution in [2.24, 2.45) is 0 Å². The molecule has 1 heterocycles. The number of hydrogen-bond acceptors (Lipinski definition) is 3. The van der Waals surface area contributed by atoms with Gasteiger partial charge in [-0.1, -0.05) is 12.1 Å². The Kier molecular flexibility index (Phi) is 6.42. The standard InChI is InChI=1S/C18H29N3O2/c1-14-5-6-15(2)17(13-14)19-18(23)21-10-7-16(8-11-21)20(3)9-4-12-22/h5-6,13,16,22H,4,7-12H2,1-3H3,(H,19,23). The van der Waals surface area contributed by atoms with E-state index in [-0.39, 0.29) is 12.6 Å². The van der Waals surface area contributed by atoms with Crippen molar-refractivity contribution in [3.8, 4) is 0 Å². The van der Waals surface area contributed by atoms with Crippen LogP contribution in [0.1, 0.15) is 30.4 Å². The van der Waals surface area contributed by atoms with Crippen molar-refractivity contribution in [1.82, 2.24) is 9.80 Å². The van der Waals surface area contributed by atoms with Gasteiger partial charge in [0.1, 0.15) is 0 Å². The van der Waals surface area contributed by atoms with Gasteiger partial charge in [0.05, 0.1) is 0 Å². The van der Waals surface area contributed by atoms with Gasteiger partial charge >= 0.3 is 6.03 Å². The number of aliphatic hydroxyl groups is 1. The summed E-state index contributed by atoms with van der Waals surface area (Å²) in [6.07, 6.45) is 2.79. The minimum absolute atomic E-state index is 0.00448. The first-order valence-corrected chi connectivity index (χ1v) is 8.45. The van der Waals surface area contributed by atoms with E-state index in [4.69, 9.17) is 5.11 Å². The number of amides is 2. The van der Waals surface area contributed by atoms with Crippen LogP contribution >= 0.6 is 0 Å². The number of nitrogens with one attached hydrogen (secondary N) is 1. The third kappa shape index (κ3) is 4.94. The van der Waals surface area contributed by atoms with Gasteiger partial charge in [-0.15, -0.1) is 0 Å². The van der Waals surface area contributed by atoms with E-state index >= 15 is 0 Å². The summed E-state index contributed by atoms with van der Waals surface area (Å²) >= 11 is 0. The van der Waals surface area contributed by atoms with E-state index in [1.165, 1.54) is 0 Å². The summed E-state index contributed by atoms with van der Waals surface area (Å²) in [6.45, 7) is 6.76. The number of carbonyl (C=O) groups is 1. The van der Waals surface area contributed by atoms with Gasteiger partial charge in [0.15, 0.2) is 0 Å². The van der Waals surface area contributed by atoms with E-state index in [2.05, 4.69) is 23.3 Å².